The van der Waals surface area contributed by atoms with E-state index in [0.717, 1.165) is 29.2 Å². The Hall–Kier alpha value is -2.23. The molecule has 0 aliphatic carbocycles. The lowest BCUT2D eigenvalue weighted by atomic mass is 10.1. The number of anilines is 2. The number of para-hydroxylation sites is 1. The van der Waals surface area contributed by atoms with Gasteiger partial charge in [-0.25, -0.2) is 4.98 Å². The highest BCUT2D eigenvalue weighted by Gasteiger charge is 2.15. The van der Waals surface area contributed by atoms with Crippen LogP contribution in [-0.4, -0.2) is 11.5 Å². The Labute approximate surface area is 126 Å². The molecule has 112 valence electrons. The van der Waals surface area contributed by atoms with Crippen LogP contribution in [0.15, 0.2) is 30.3 Å². The minimum absolute atomic E-state index is 0.454. The minimum Gasteiger partial charge on any atom is -0.437 e. The van der Waals surface area contributed by atoms with Gasteiger partial charge in [-0.1, -0.05) is 32.0 Å². The normalized spacial score (nSPS) is 10.7. The van der Waals surface area contributed by atoms with E-state index >= 15 is 0 Å². The molecule has 1 aromatic carbocycles. The van der Waals surface area contributed by atoms with E-state index in [1.807, 2.05) is 44.2 Å². The quantitative estimate of drug-likeness (QED) is 0.866. The van der Waals surface area contributed by atoms with Gasteiger partial charge < -0.3 is 15.8 Å². The zero-order valence-electron chi connectivity index (χ0n) is 13.1. The third-order valence-corrected chi connectivity index (χ3v) is 3.33. The molecule has 0 unspecified atom stereocenters. The molecule has 1 heterocycles. The number of nitrogen functional groups attached to an aromatic ring is 1. The second-order valence-corrected chi connectivity index (χ2v) is 5.61. The Morgan fingerprint density at radius 3 is 2.48 bits per heavy atom. The van der Waals surface area contributed by atoms with E-state index in [4.69, 9.17) is 10.5 Å². The minimum atomic E-state index is 0.454. The second kappa shape index (κ2) is 6.48. The van der Waals surface area contributed by atoms with Gasteiger partial charge in [0.1, 0.15) is 11.4 Å². The number of hydrogen-bond acceptors (Lipinski definition) is 4. The number of ether oxygens (including phenoxy) is 1. The maximum atomic E-state index is 6.24. The van der Waals surface area contributed by atoms with Gasteiger partial charge in [-0.2, -0.15) is 0 Å². The van der Waals surface area contributed by atoms with Crippen molar-refractivity contribution in [3.8, 4) is 11.6 Å². The molecule has 3 N–H and O–H groups in total. The average Bonchev–Trinajstić information content (AvgIpc) is 2.45. The van der Waals surface area contributed by atoms with Crippen molar-refractivity contribution >= 4 is 11.4 Å². The Morgan fingerprint density at radius 2 is 1.86 bits per heavy atom. The molecule has 4 heteroatoms. The first-order chi connectivity index (χ1) is 9.99. The second-order valence-electron chi connectivity index (χ2n) is 5.61. The third-order valence-electron chi connectivity index (χ3n) is 3.33. The molecule has 0 aliphatic heterocycles. The Bertz CT molecular complexity index is 609. The van der Waals surface area contributed by atoms with Crippen LogP contribution in [0.2, 0.25) is 0 Å². The number of rotatable bonds is 5. The van der Waals surface area contributed by atoms with Crippen molar-refractivity contribution in [1.29, 1.82) is 0 Å². The lowest BCUT2D eigenvalue weighted by Crippen LogP contribution is -2.12. The van der Waals surface area contributed by atoms with Gasteiger partial charge in [-0.3, -0.25) is 0 Å². The monoisotopic (exact) mass is 285 g/mol. The van der Waals surface area contributed by atoms with Gasteiger partial charge in [0, 0.05) is 12.2 Å². The fourth-order valence-electron chi connectivity index (χ4n) is 2.00. The topological polar surface area (TPSA) is 60.2 Å². The van der Waals surface area contributed by atoms with Crippen LogP contribution in [0.25, 0.3) is 0 Å². The van der Waals surface area contributed by atoms with E-state index in [-0.39, 0.29) is 0 Å². The highest BCUT2D eigenvalue weighted by Crippen LogP contribution is 2.35. The first-order valence-electron chi connectivity index (χ1n) is 7.22. The molecule has 0 saturated heterocycles. The highest BCUT2D eigenvalue weighted by molar-refractivity contribution is 5.75. The molecule has 0 atom stereocenters. The summed E-state index contributed by atoms with van der Waals surface area (Å²) < 4.78 is 5.82. The van der Waals surface area contributed by atoms with Crippen LogP contribution < -0.4 is 15.8 Å². The zero-order chi connectivity index (χ0) is 15.4. The summed E-state index contributed by atoms with van der Waals surface area (Å²) >= 11 is 0. The average molecular weight is 285 g/mol. The lowest BCUT2D eigenvalue weighted by Gasteiger charge is -2.18. The predicted octanol–water partition coefficient (Wildman–Crippen LogP) is 4.14. The molecule has 0 fully saturated rings. The number of aromatic nitrogens is 1. The van der Waals surface area contributed by atoms with Crippen LogP contribution in [0.5, 0.6) is 11.6 Å². The van der Waals surface area contributed by atoms with Crippen LogP contribution >= 0.6 is 0 Å². The van der Waals surface area contributed by atoms with E-state index in [0.29, 0.717) is 17.5 Å². The number of nitrogens with zero attached hydrogens (tertiary/aromatic N) is 1. The number of nitrogens with one attached hydrogen (secondary N) is 1. The fourth-order valence-corrected chi connectivity index (χ4v) is 2.00. The molecular formula is C17H23N3O. The largest absolute Gasteiger partial charge is 0.437 e. The van der Waals surface area contributed by atoms with Gasteiger partial charge in [-0.05, 0) is 37.5 Å². The summed E-state index contributed by atoms with van der Waals surface area (Å²) in [5.74, 6) is 1.72. The first kappa shape index (κ1) is 15.2. The summed E-state index contributed by atoms with van der Waals surface area (Å²) in [6.45, 7) is 9.17. The molecule has 0 aliphatic rings. The van der Waals surface area contributed by atoms with Crippen molar-refractivity contribution in [2.24, 2.45) is 5.92 Å². The van der Waals surface area contributed by atoms with E-state index in [9.17, 15) is 0 Å². The van der Waals surface area contributed by atoms with Crippen molar-refractivity contribution < 1.29 is 4.74 Å². The SMILES string of the molecule is Cc1nc(Oc2ccccc2)c(N)c(NCC(C)C)c1C. The van der Waals surface area contributed by atoms with Crippen molar-refractivity contribution in [2.45, 2.75) is 27.7 Å². The van der Waals surface area contributed by atoms with E-state index in [1.165, 1.54) is 0 Å². The summed E-state index contributed by atoms with van der Waals surface area (Å²) in [5.41, 5.74) is 9.70. The Morgan fingerprint density at radius 1 is 1.19 bits per heavy atom. The maximum absolute atomic E-state index is 6.24. The smallest absolute Gasteiger partial charge is 0.245 e. The van der Waals surface area contributed by atoms with Gasteiger partial charge in [-0.15, -0.1) is 0 Å². The first-order valence-corrected chi connectivity index (χ1v) is 7.22. The molecule has 21 heavy (non-hydrogen) atoms. The number of pyridine rings is 1. The number of benzene rings is 1. The molecule has 2 rings (SSSR count). The fraction of sp³-hybridized carbons (Fsp3) is 0.353. The van der Waals surface area contributed by atoms with Crippen molar-refractivity contribution in [1.82, 2.24) is 4.98 Å². The van der Waals surface area contributed by atoms with Gasteiger partial charge in [0.05, 0.1) is 5.69 Å². The predicted molar refractivity (Wildman–Crippen MR) is 88.0 cm³/mol. The highest BCUT2D eigenvalue weighted by atomic mass is 16.5. The Kier molecular flexibility index (Phi) is 4.68. The van der Waals surface area contributed by atoms with E-state index < -0.39 is 0 Å². The van der Waals surface area contributed by atoms with Crippen LogP contribution in [-0.2, 0) is 0 Å². The summed E-state index contributed by atoms with van der Waals surface area (Å²) in [5, 5.41) is 3.40. The van der Waals surface area contributed by atoms with E-state index in [2.05, 4.69) is 24.1 Å². The van der Waals surface area contributed by atoms with Gasteiger partial charge in [0.15, 0.2) is 0 Å². The molecule has 0 saturated carbocycles. The lowest BCUT2D eigenvalue weighted by molar-refractivity contribution is 0.464. The summed E-state index contributed by atoms with van der Waals surface area (Å²) in [6, 6.07) is 9.56. The molecular weight excluding hydrogens is 262 g/mol. The van der Waals surface area contributed by atoms with Gasteiger partial charge in [0.25, 0.3) is 0 Å². The number of aryl methyl sites for hydroxylation is 1. The standard InChI is InChI=1S/C17H23N3O/c1-11(2)10-19-16-12(3)13(4)20-17(15(16)18)21-14-8-6-5-7-9-14/h5-9,11H,10,18H2,1-4H3,(H,19,20). The Balaban J connectivity index is 2.34. The molecule has 0 bridgehead atoms. The maximum Gasteiger partial charge on any atom is 0.245 e. The summed E-state index contributed by atoms with van der Waals surface area (Å²) in [7, 11) is 0. The van der Waals surface area contributed by atoms with Crippen molar-refractivity contribution in [3.05, 3.63) is 41.6 Å². The molecule has 0 amide bonds. The molecule has 1 aromatic heterocycles. The number of hydrogen-bond donors (Lipinski definition) is 2. The van der Waals surface area contributed by atoms with Crippen molar-refractivity contribution in [2.75, 3.05) is 17.6 Å². The molecule has 0 spiro atoms. The van der Waals surface area contributed by atoms with E-state index in [1.54, 1.807) is 0 Å². The van der Waals surface area contributed by atoms with Gasteiger partial charge in [0.2, 0.25) is 5.88 Å². The molecule has 2 aromatic rings. The number of nitrogens with two attached hydrogens (primary N) is 1. The van der Waals surface area contributed by atoms with Gasteiger partial charge >= 0.3 is 0 Å². The van der Waals surface area contributed by atoms with Crippen LogP contribution in [0.3, 0.4) is 0 Å². The van der Waals surface area contributed by atoms with Crippen LogP contribution in [0.1, 0.15) is 25.1 Å². The van der Waals surface area contributed by atoms with Crippen LogP contribution in [0.4, 0.5) is 11.4 Å². The van der Waals surface area contributed by atoms with Crippen LogP contribution in [0, 0.1) is 19.8 Å². The van der Waals surface area contributed by atoms with Crippen molar-refractivity contribution in [3.63, 3.8) is 0 Å². The zero-order valence-corrected chi connectivity index (χ0v) is 13.1. The summed E-state index contributed by atoms with van der Waals surface area (Å²) in [4.78, 5) is 4.47. The third kappa shape index (κ3) is 3.66. The summed E-state index contributed by atoms with van der Waals surface area (Å²) in [6.07, 6.45) is 0. The molecule has 4 nitrogen and oxygen atoms in total. The molecule has 0 radical (unpaired) electrons.